The molecular weight excluding hydrogens is 413 g/mol. The first kappa shape index (κ1) is 19.8. The van der Waals surface area contributed by atoms with Crippen molar-refractivity contribution in [3.8, 4) is 0 Å². The largest absolute Gasteiger partial charge is 0.471 e. The minimum atomic E-state index is -6.75. The number of hydrogen-bond acceptors (Lipinski definition) is 4. The number of nitrogens with one attached hydrogen (secondary N) is 1. The maximum atomic E-state index is 12.0. The van der Waals surface area contributed by atoms with Crippen LogP contribution in [0.3, 0.4) is 0 Å². The van der Waals surface area contributed by atoms with Crippen molar-refractivity contribution < 1.29 is 42.7 Å². The van der Waals surface area contributed by atoms with Gasteiger partial charge < -0.3 is 0 Å². The van der Waals surface area contributed by atoms with E-state index in [0.717, 1.165) is 0 Å². The summed E-state index contributed by atoms with van der Waals surface area (Å²) in [6, 6.07) is 0. The Bertz CT molecular complexity index is 438. The summed E-state index contributed by atoms with van der Waals surface area (Å²) in [5, 5.41) is -6.42. The van der Waals surface area contributed by atoms with Gasteiger partial charge in [0.05, 0.1) is 0 Å². The van der Waals surface area contributed by atoms with Crippen LogP contribution in [0.1, 0.15) is 0 Å². The van der Waals surface area contributed by atoms with Crippen molar-refractivity contribution in [2.75, 3.05) is 0 Å². The molecule has 0 aliphatic carbocycles. The van der Waals surface area contributed by atoms with E-state index in [1.807, 2.05) is 0 Å². The van der Waals surface area contributed by atoms with Crippen LogP contribution >= 0.6 is 0 Å². The van der Waals surface area contributed by atoms with E-state index in [4.69, 9.17) is 0 Å². The molecule has 0 amide bonds. The average molecular weight is 414 g/mol. The molecule has 1 radical (unpaired) electrons. The third-order valence-corrected chi connectivity index (χ3v) is 3.46. The predicted octanol–water partition coefficient (Wildman–Crippen LogP) is -0.106. The van der Waals surface area contributed by atoms with Crippen LogP contribution in [0.4, 0.5) is 25.8 Å². The minimum Gasteiger partial charge on any atom is -0.205 e. The van der Waals surface area contributed by atoms with Gasteiger partial charge in [0, 0.05) is 68.9 Å². The van der Waals surface area contributed by atoms with Crippen molar-refractivity contribution in [2.24, 2.45) is 0 Å². The van der Waals surface area contributed by atoms with Gasteiger partial charge in [0.2, 0.25) is 0 Å². The number of sulfonamides is 1. The SMILES string of the molecule is O=S(=O)(F)NS(=O)(=O)C(F)(F)C(F)(F)F.[Cs]. The molecule has 0 aromatic carbocycles. The first-order chi connectivity index (χ1) is 6.21. The first-order valence-corrected chi connectivity index (χ1v) is 5.49. The molecule has 0 aliphatic rings. The van der Waals surface area contributed by atoms with Crippen molar-refractivity contribution in [3.05, 3.63) is 0 Å². The average Bonchev–Trinajstić information content (AvgIpc) is 1.77. The molecule has 0 rings (SSSR count). The molecule has 0 atom stereocenters. The molecule has 0 unspecified atom stereocenters. The molecule has 0 fully saturated rings. The number of halogens is 6. The van der Waals surface area contributed by atoms with Crippen LogP contribution in [-0.4, -0.2) is 97.2 Å². The maximum Gasteiger partial charge on any atom is 0.471 e. The Kier molecular flexibility index (Phi) is 6.99. The summed E-state index contributed by atoms with van der Waals surface area (Å²) in [7, 11) is -13.0. The molecule has 0 aliphatic heterocycles. The summed E-state index contributed by atoms with van der Waals surface area (Å²) in [6.07, 6.45) is -6.57. The fraction of sp³-hybridized carbons (Fsp3) is 1.00. The van der Waals surface area contributed by atoms with Crippen molar-refractivity contribution in [1.29, 1.82) is 0 Å². The predicted molar refractivity (Wildman–Crippen MR) is 38.8 cm³/mol. The zero-order valence-corrected chi connectivity index (χ0v) is 15.1. The van der Waals surface area contributed by atoms with Gasteiger partial charge in [-0.3, -0.25) is 0 Å². The van der Waals surface area contributed by atoms with Gasteiger partial charge in [-0.1, -0.05) is 8.01 Å². The fourth-order valence-electron chi connectivity index (χ4n) is 0.336. The second-order valence-electron chi connectivity index (χ2n) is 2.04. The topological polar surface area (TPSA) is 80.3 Å². The fourth-order valence-corrected chi connectivity index (χ4v) is 2.11. The molecule has 1 N–H and O–H groups in total. The van der Waals surface area contributed by atoms with Crippen LogP contribution in [0.2, 0.25) is 0 Å². The van der Waals surface area contributed by atoms with Crippen molar-refractivity contribution in [2.45, 2.75) is 11.4 Å². The standard InChI is InChI=1S/C2HF6NO4S2.Cs/c3-1(4,5)2(6,7)14(10,11)9-15(8,12)13;/h9H;. The zero-order chi connectivity index (χ0) is 12.7. The molecule has 0 bridgehead atoms. The van der Waals surface area contributed by atoms with Crippen LogP contribution < -0.4 is 4.13 Å². The number of alkyl halides is 5. The zero-order valence-electron chi connectivity index (χ0n) is 7.22. The molecule has 0 aromatic heterocycles. The van der Waals surface area contributed by atoms with Gasteiger partial charge in [-0.05, 0) is 0 Å². The van der Waals surface area contributed by atoms with Gasteiger partial charge in [0.1, 0.15) is 0 Å². The van der Waals surface area contributed by atoms with E-state index in [1.54, 1.807) is 0 Å². The Morgan fingerprint density at radius 1 is 0.875 bits per heavy atom. The van der Waals surface area contributed by atoms with Crippen LogP contribution in [0.25, 0.3) is 0 Å². The van der Waals surface area contributed by atoms with Crippen LogP contribution in [0.5, 0.6) is 0 Å². The smallest absolute Gasteiger partial charge is 0.205 e. The Labute approximate surface area is 145 Å². The van der Waals surface area contributed by atoms with Crippen molar-refractivity contribution in [3.63, 3.8) is 0 Å². The molecule has 0 spiro atoms. The van der Waals surface area contributed by atoms with Gasteiger partial charge in [-0.25, -0.2) is 8.42 Å². The third kappa shape index (κ3) is 5.01. The van der Waals surface area contributed by atoms with E-state index < -0.39 is 36.0 Å². The molecule has 16 heavy (non-hydrogen) atoms. The Balaban J connectivity index is 0. The van der Waals surface area contributed by atoms with Gasteiger partial charge in [-0.2, -0.15) is 30.4 Å². The van der Waals surface area contributed by atoms with Crippen molar-refractivity contribution >= 4 is 89.3 Å². The molecule has 93 valence electrons. The van der Waals surface area contributed by atoms with E-state index in [2.05, 4.69) is 0 Å². The van der Waals surface area contributed by atoms with Gasteiger partial charge in [0.15, 0.2) is 0 Å². The minimum absolute atomic E-state index is 0. The summed E-state index contributed by atoms with van der Waals surface area (Å²) in [4.78, 5) is 0. The molecule has 0 heterocycles. The summed E-state index contributed by atoms with van der Waals surface area (Å²) in [6.45, 7) is 0. The van der Waals surface area contributed by atoms with E-state index in [0.29, 0.717) is 0 Å². The monoisotopic (exact) mass is 414 g/mol. The van der Waals surface area contributed by atoms with Crippen molar-refractivity contribution in [1.82, 2.24) is 4.13 Å². The number of rotatable bonds is 3. The van der Waals surface area contributed by atoms with Gasteiger partial charge >= 0.3 is 31.9 Å². The van der Waals surface area contributed by atoms with E-state index >= 15 is 0 Å². The Hall–Kier alpha value is 1.49. The summed E-state index contributed by atoms with van der Waals surface area (Å²) in [5.41, 5.74) is 0. The molecule has 14 heteroatoms. The molecular formula is C2HCsF6NO4S2. The second kappa shape index (κ2) is 5.64. The Morgan fingerprint density at radius 2 is 1.19 bits per heavy atom. The Morgan fingerprint density at radius 3 is 1.38 bits per heavy atom. The molecule has 0 saturated heterocycles. The van der Waals surface area contributed by atoms with E-state index in [9.17, 15) is 42.7 Å². The summed E-state index contributed by atoms with van der Waals surface area (Å²) >= 11 is 0. The third-order valence-electron chi connectivity index (χ3n) is 0.877. The van der Waals surface area contributed by atoms with Crippen LogP contribution in [0.15, 0.2) is 0 Å². The number of hydrogen-bond donors (Lipinski definition) is 1. The first-order valence-electron chi connectivity index (χ1n) is 2.63. The van der Waals surface area contributed by atoms with E-state index in [1.165, 1.54) is 0 Å². The molecule has 0 saturated carbocycles. The maximum absolute atomic E-state index is 12.0. The van der Waals surface area contributed by atoms with Crippen LogP contribution in [-0.2, 0) is 20.4 Å². The second-order valence-corrected chi connectivity index (χ2v) is 5.10. The normalized spacial score (nSPS) is 14.4. The quantitative estimate of drug-likeness (QED) is 0.517. The summed E-state index contributed by atoms with van der Waals surface area (Å²) < 4.78 is 109. The molecule has 5 nitrogen and oxygen atoms in total. The molecule has 0 aromatic rings. The van der Waals surface area contributed by atoms with Gasteiger partial charge in [-0.15, -0.1) is 0 Å². The van der Waals surface area contributed by atoms with E-state index in [-0.39, 0.29) is 68.9 Å². The van der Waals surface area contributed by atoms with Crippen LogP contribution in [0, 0.1) is 0 Å². The van der Waals surface area contributed by atoms with Gasteiger partial charge in [0.25, 0.3) is 0 Å². The summed E-state index contributed by atoms with van der Waals surface area (Å²) in [5.74, 6) is 0.